The van der Waals surface area contributed by atoms with Crippen molar-refractivity contribution in [2.45, 2.75) is 0 Å². The van der Waals surface area contributed by atoms with Crippen LogP contribution in [-0.2, 0) is 9.59 Å². The van der Waals surface area contributed by atoms with Crippen LogP contribution in [0.4, 0.5) is 0 Å². The minimum absolute atomic E-state index is 0.000694. The van der Waals surface area contributed by atoms with E-state index in [4.69, 9.17) is 5.11 Å². The predicted octanol–water partition coefficient (Wildman–Crippen LogP) is -1.58. The van der Waals surface area contributed by atoms with Crippen molar-refractivity contribution in [3.8, 4) is 0 Å². The van der Waals surface area contributed by atoms with Crippen molar-refractivity contribution in [1.82, 2.24) is 16.2 Å². The van der Waals surface area contributed by atoms with E-state index in [0.29, 0.717) is 0 Å². The van der Waals surface area contributed by atoms with Crippen LogP contribution >= 0.6 is 0 Å². The molecule has 6 heteroatoms. The number of hydrazine groups is 1. The van der Waals surface area contributed by atoms with Gasteiger partial charge in [0.1, 0.15) is 6.54 Å². The van der Waals surface area contributed by atoms with Crippen LogP contribution in [0.25, 0.3) is 0 Å². The lowest BCUT2D eigenvalue weighted by molar-refractivity contribution is -0.137. The summed E-state index contributed by atoms with van der Waals surface area (Å²) in [5.41, 5.74) is 4.96. The van der Waals surface area contributed by atoms with Crippen molar-refractivity contribution in [3.63, 3.8) is 0 Å². The first-order valence-corrected chi connectivity index (χ1v) is 3.24. The van der Waals surface area contributed by atoms with E-state index in [-0.39, 0.29) is 13.1 Å². The minimum Gasteiger partial charge on any atom is -0.480 e. The molecule has 0 aliphatic carbocycles. The first-order chi connectivity index (χ1) is 5.66. The first kappa shape index (κ1) is 10.4. The lowest BCUT2D eigenvalue weighted by Crippen LogP contribution is -2.40. The maximum absolute atomic E-state index is 10.7. The quantitative estimate of drug-likeness (QED) is 0.287. The average Bonchev–Trinajstić information content (AvgIpc) is 2.01. The average molecular weight is 173 g/mol. The Balaban J connectivity index is 3.33. The summed E-state index contributed by atoms with van der Waals surface area (Å²) in [5.74, 6) is -1.47. The van der Waals surface area contributed by atoms with Crippen LogP contribution in [0.5, 0.6) is 0 Å². The molecule has 4 N–H and O–H groups in total. The topological polar surface area (TPSA) is 90.5 Å². The van der Waals surface area contributed by atoms with Gasteiger partial charge in [-0.1, -0.05) is 6.58 Å². The number of nitrogens with one attached hydrogen (secondary N) is 3. The summed E-state index contributed by atoms with van der Waals surface area (Å²) in [4.78, 5) is 20.7. The highest BCUT2D eigenvalue weighted by Crippen LogP contribution is 1.63. The van der Waals surface area contributed by atoms with Crippen molar-refractivity contribution in [2.75, 3.05) is 13.1 Å². The molecule has 0 bridgehead atoms. The van der Waals surface area contributed by atoms with Crippen molar-refractivity contribution in [3.05, 3.63) is 12.8 Å². The van der Waals surface area contributed by atoms with Crippen LogP contribution in [0, 0.1) is 0 Å². The van der Waals surface area contributed by atoms with Crippen molar-refractivity contribution < 1.29 is 14.7 Å². The van der Waals surface area contributed by atoms with Crippen molar-refractivity contribution in [2.24, 2.45) is 0 Å². The molecule has 12 heavy (non-hydrogen) atoms. The Morgan fingerprint density at radius 3 is 2.58 bits per heavy atom. The van der Waals surface area contributed by atoms with Gasteiger partial charge in [-0.25, -0.2) is 5.43 Å². The van der Waals surface area contributed by atoms with Crippen LogP contribution in [-0.4, -0.2) is 30.1 Å². The number of hydrogen-bond acceptors (Lipinski definition) is 4. The summed E-state index contributed by atoms with van der Waals surface area (Å²) in [6.45, 7) is 2.97. The molecule has 0 fully saturated rings. The van der Waals surface area contributed by atoms with Gasteiger partial charge in [-0.3, -0.25) is 9.59 Å². The third-order valence-corrected chi connectivity index (χ3v) is 0.890. The van der Waals surface area contributed by atoms with E-state index in [1.807, 2.05) is 0 Å². The normalized spacial score (nSPS) is 8.67. The lowest BCUT2D eigenvalue weighted by Gasteiger charge is -2.03. The van der Waals surface area contributed by atoms with Gasteiger partial charge >= 0.3 is 5.97 Å². The van der Waals surface area contributed by atoms with E-state index < -0.39 is 11.9 Å². The number of carboxylic acids is 1. The number of rotatable bonds is 6. The summed E-state index contributed by atoms with van der Waals surface area (Å²) >= 11 is 0. The Morgan fingerprint density at radius 2 is 2.08 bits per heavy atom. The van der Waals surface area contributed by atoms with Gasteiger partial charge < -0.3 is 15.8 Å². The molecule has 6 nitrogen and oxygen atoms in total. The number of hydrogen-bond donors (Lipinski definition) is 4. The second kappa shape index (κ2) is 6.17. The third kappa shape index (κ3) is 6.56. The van der Waals surface area contributed by atoms with E-state index >= 15 is 0 Å². The Kier molecular flexibility index (Phi) is 5.37. The van der Waals surface area contributed by atoms with Gasteiger partial charge in [-0.05, 0) is 0 Å². The van der Waals surface area contributed by atoms with Crippen molar-refractivity contribution >= 4 is 11.9 Å². The fourth-order valence-electron chi connectivity index (χ4n) is 0.440. The Morgan fingerprint density at radius 1 is 1.42 bits per heavy atom. The second-order valence-corrected chi connectivity index (χ2v) is 1.87. The zero-order valence-corrected chi connectivity index (χ0v) is 6.46. The summed E-state index contributed by atoms with van der Waals surface area (Å²) < 4.78 is 0. The van der Waals surface area contributed by atoms with Gasteiger partial charge in [0.15, 0.2) is 0 Å². The van der Waals surface area contributed by atoms with Crippen LogP contribution in [0.3, 0.4) is 0 Å². The fourth-order valence-corrected chi connectivity index (χ4v) is 0.440. The van der Waals surface area contributed by atoms with E-state index in [1.165, 1.54) is 6.20 Å². The molecule has 0 heterocycles. The lowest BCUT2D eigenvalue weighted by atomic mass is 10.5. The van der Waals surface area contributed by atoms with E-state index in [0.717, 1.165) is 0 Å². The smallest absolute Gasteiger partial charge is 0.322 e. The largest absolute Gasteiger partial charge is 0.480 e. The van der Waals surface area contributed by atoms with Crippen molar-refractivity contribution in [1.29, 1.82) is 0 Å². The third-order valence-electron chi connectivity index (χ3n) is 0.890. The number of carbonyl (C=O) groups is 2. The highest BCUT2D eigenvalue weighted by Gasteiger charge is 2.01. The zero-order valence-electron chi connectivity index (χ0n) is 6.46. The van der Waals surface area contributed by atoms with Gasteiger partial charge in [0.2, 0.25) is 5.91 Å². The van der Waals surface area contributed by atoms with Gasteiger partial charge in [0.05, 0.1) is 6.54 Å². The molecule has 0 unspecified atom stereocenters. The number of carboxylic acid groups (broad SMARTS) is 1. The van der Waals surface area contributed by atoms with E-state index in [9.17, 15) is 9.59 Å². The molecular weight excluding hydrogens is 162 g/mol. The van der Waals surface area contributed by atoms with Gasteiger partial charge in [0, 0.05) is 6.20 Å². The van der Waals surface area contributed by atoms with Gasteiger partial charge in [-0.2, -0.15) is 0 Å². The van der Waals surface area contributed by atoms with Crippen LogP contribution in [0.1, 0.15) is 0 Å². The summed E-state index contributed by atoms with van der Waals surface area (Å²) in [5, 5.41) is 10.3. The molecule has 0 saturated carbocycles. The molecule has 0 spiro atoms. The SMILES string of the molecule is C=CNNCC(=O)NCC(=O)O. The van der Waals surface area contributed by atoms with Gasteiger partial charge in [-0.15, -0.1) is 0 Å². The maximum Gasteiger partial charge on any atom is 0.322 e. The molecule has 0 aliphatic heterocycles. The molecule has 0 aliphatic rings. The van der Waals surface area contributed by atoms with Crippen LogP contribution < -0.4 is 16.2 Å². The Bertz CT molecular complexity index is 181. The molecule has 1 amide bonds. The minimum atomic E-state index is -1.07. The zero-order chi connectivity index (χ0) is 9.40. The number of carbonyl (C=O) groups excluding carboxylic acids is 1. The first-order valence-electron chi connectivity index (χ1n) is 3.24. The summed E-state index contributed by atoms with van der Waals surface area (Å²) in [7, 11) is 0. The Hall–Kier alpha value is -1.56. The highest BCUT2D eigenvalue weighted by atomic mass is 16.4. The highest BCUT2D eigenvalue weighted by molar-refractivity contribution is 5.82. The number of amides is 1. The summed E-state index contributed by atoms with van der Waals surface area (Å²) in [6, 6.07) is 0. The fraction of sp³-hybridized carbons (Fsp3) is 0.333. The standard InChI is InChI=1S/C6H11N3O3/c1-2-8-9-3-5(10)7-4-6(11)12/h2,8-9H,1,3-4H2,(H,7,10)(H,11,12). The molecule has 0 radical (unpaired) electrons. The van der Waals surface area contributed by atoms with Crippen LogP contribution in [0.15, 0.2) is 12.8 Å². The molecule has 0 atom stereocenters. The molecule has 0 aromatic heterocycles. The van der Waals surface area contributed by atoms with Crippen LogP contribution in [0.2, 0.25) is 0 Å². The molecule has 0 saturated heterocycles. The Labute approximate surface area is 69.6 Å². The summed E-state index contributed by atoms with van der Waals surface area (Å²) in [6.07, 6.45) is 1.37. The molecule has 68 valence electrons. The molecule has 0 aromatic carbocycles. The predicted molar refractivity (Wildman–Crippen MR) is 42.0 cm³/mol. The number of aliphatic carboxylic acids is 1. The van der Waals surface area contributed by atoms with E-state index in [2.05, 4.69) is 22.7 Å². The van der Waals surface area contributed by atoms with Gasteiger partial charge in [0.25, 0.3) is 0 Å². The maximum atomic E-state index is 10.7. The second-order valence-electron chi connectivity index (χ2n) is 1.87. The molecule has 0 rings (SSSR count). The van der Waals surface area contributed by atoms with E-state index in [1.54, 1.807) is 0 Å². The monoisotopic (exact) mass is 173 g/mol. The molecular formula is C6H11N3O3. The molecule has 0 aromatic rings.